The summed E-state index contributed by atoms with van der Waals surface area (Å²) < 4.78 is 5.93. The van der Waals surface area contributed by atoms with E-state index in [1.807, 2.05) is 12.1 Å². The zero-order chi connectivity index (χ0) is 13.1. The summed E-state index contributed by atoms with van der Waals surface area (Å²) in [5.74, 6) is -1.29. The summed E-state index contributed by atoms with van der Waals surface area (Å²) in [6, 6.07) is 6.24. The number of carbonyl (C=O) groups excluding carboxylic acids is 1. The van der Waals surface area contributed by atoms with Gasteiger partial charge >= 0.3 is 5.97 Å². The van der Waals surface area contributed by atoms with Gasteiger partial charge in [0.05, 0.1) is 18.8 Å². The van der Waals surface area contributed by atoms with E-state index in [0.29, 0.717) is 18.7 Å². The number of nitrogens with zero attached hydrogens (tertiary/aromatic N) is 1. The van der Waals surface area contributed by atoms with Crippen molar-refractivity contribution in [1.82, 2.24) is 4.90 Å². The van der Waals surface area contributed by atoms with Crippen LogP contribution < -0.4 is 0 Å². The highest BCUT2D eigenvalue weighted by molar-refractivity contribution is 14.1. The lowest BCUT2D eigenvalue weighted by molar-refractivity contribution is -0.147. The molecule has 2 rings (SSSR count). The number of morpholine rings is 1. The van der Waals surface area contributed by atoms with E-state index in [1.54, 1.807) is 12.1 Å². The zero-order valence-corrected chi connectivity index (χ0v) is 11.7. The minimum absolute atomic E-state index is 0.0461. The molecule has 18 heavy (non-hydrogen) atoms. The highest BCUT2D eigenvalue weighted by Crippen LogP contribution is 2.17. The van der Waals surface area contributed by atoms with Crippen molar-refractivity contribution in [2.45, 2.75) is 6.04 Å². The predicted molar refractivity (Wildman–Crippen MR) is 72.4 cm³/mol. The number of rotatable bonds is 2. The largest absolute Gasteiger partial charge is 0.480 e. The van der Waals surface area contributed by atoms with Crippen molar-refractivity contribution in [1.29, 1.82) is 0 Å². The summed E-state index contributed by atoms with van der Waals surface area (Å²) in [5.41, 5.74) is 0.534. The van der Waals surface area contributed by atoms with Gasteiger partial charge in [0.2, 0.25) is 0 Å². The first-order valence-corrected chi connectivity index (χ1v) is 6.55. The van der Waals surface area contributed by atoms with Crippen LogP contribution in [0, 0.1) is 3.57 Å². The van der Waals surface area contributed by atoms with Gasteiger partial charge < -0.3 is 14.7 Å². The molecule has 96 valence electrons. The Morgan fingerprint density at radius 1 is 1.39 bits per heavy atom. The fourth-order valence-corrected chi connectivity index (χ4v) is 2.46. The van der Waals surface area contributed by atoms with E-state index in [4.69, 9.17) is 9.84 Å². The lowest BCUT2D eigenvalue weighted by Crippen LogP contribution is -2.52. The highest BCUT2D eigenvalue weighted by atomic mass is 127. The number of hydrogen-bond acceptors (Lipinski definition) is 3. The van der Waals surface area contributed by atoms with Crippen LogP contribution in [0.15, 0.2) is 24.3 Å². The second-order valence-corrected chi connectivity index (χ2v) is 5.07. The molecule has 1 unspecified atom stereocenters. The van der Waals surface area contributed by atoms with Crippen LogP contribution in [0.1, 0.15) is 10.4 Å². The Bertz CT molecular complexity index is 477. The number of carboxylic acids is 1. The molecule has 1 heterocycles. The van der Waals surface area contributed by atoms with Crippen molar-refractivity contribution >= 4 is 34.5 Å². The smallest absolute Gasteiger partial charge is 0.328 e. The third-order valence-electron chi connectivity index (χ3n) is 2.78. The monoisotopic (exact) mass is 361 g/mol. The van der Waals surface area contributed by atoms with Crippen molar-refractivity contribution in [3.05, 3.63) is 33.4 Å². The normalized spacial score (nSPS) is 19.6. The van der Waals surface area contributed by atoms with Gasteiger partial charge in [-0.1, -0.05) is 12.1 Å². The molecule has 5 nitrogen and oxygen atoms in total. The van der Waals surface area contributed by atoms with Crippen LogP contribution in [0.3, 0.4) is 0 Å². The number of carboxylic acid groups (broad SMARTS) is 1. The summed E-state index contributed by atoms with van der Waals surface area (Å²) in [7, 11) is 0. The molecule has 0 aliphatic carbocycles. The van der Waals surface area contributed by atoms with Crippen LogP contribution in [-0.2, 0) is 9.53 Å². The van der Waals surface area contributed by atoms with E-state index in [0.717, 1.165) is 3.57 Å². The van der Waals surface area contributed by atoms with E-state index < -0.39 is 12.0 Å². The molecule has 0 spiro atoms. The number of benzene rings is 1. The van der Waals surface area contributed by atoms with Crippen LogP contribution in [0.25, 0.3) is 0 Å². The molecule has 6 heteroatoms. The number of hydrogen-bond donors (Lipinski definition) is 1. The third-order valence-corrected chi connectivity index (χ3v) is 3.72. The summed E-state index contributed by atoms with van der Waals surface area (Å²) in [6.07, 6.45) is 0. The number of aliphatic carboxylic acids is 1. The molecule has 1 N–H and O–H groups in total. The van der Waals surface area contributed by atoms with Crippen molar-refractivity contribution in [2.75, 3.05) is 19.8 Å². The van der Waals surface area contributed by atoms with E-state index >= 15 is 0 Å². The Hall–Kier alpha value is -1.15. The van der Waals surface area contributed by atoms with Crippen LogP contribution in [0.4, 0.5) is 0 Å². The topological polar surface area (TPSA) is 66.8 Å². The van der Waals surface area contributed by atoms with Gasteiger partial charge in [0.25, 0.3) is 5.91 Å². The van der Waals surface area contributed by atoms with Gasteiger partial charge in [0.1, 0.15) is 0 Å². The van der Waals surface area contributed by atoms with Crippen molar-refractivity contribution < 1.29 is 19.4 Å². The lowest BCUT2D eigenvalue weighted by atomic mass is 10.1. The molecule has 1 aliphatic rings. The molecule has 1 aromatic rings. The summed E-state index contributed by atoms with van der Waals surface area (Å²) in [5, 5.41) is 9.10. The lowest BCUT2D eigenvalue weighted by Gasteiger charge is -2.33. The van der Waals surface area contributed by atoms with Gasteiger partial charge in [-0.25, -0.2) is 4.79 Å². The average molecular weight is 361 g/mol. The Morgan fingerprint density at radius 3 is 2.78 bits per heavy atom. The van der Waals surface area contributed by atoms with Gasteiger partial charge in [0, 0.05) is 10.1 Å². The Morgan fingerprint density at radius 2 is 2.11 bits per heavy atom. The minimum Gasteiger partial charge on any atom is -0.480 e. The van der Waals surface area contributed by atoms with Crippen molar-refractivity contribution in [3.8, 4) is 0 Å². The molecule has 0 aromatic heterocycles. The SMILES string of the molecule is O=C(O)C1COCCN1C(=O)c1ccccc1I. The molecular formula is C12H12INO4. The van der Waals surface area contributed by atoms with Crippen molar-refractivity contribution in [2.24, 2.45) is 0 Å². The van der Waals surface area contributed by atoms with Gasteiger partial charge in [-0.3, -0.25) is 4.79 Å². The first-order chi connectivity index (χ1) is 8.61. The number of halogens is 1. The average Bonchev–Trinajstić information content (AvgIpc) is 2.38. The van der Waals surface area contributed by atoms with Crippen molar-refractivity contribution in [3.63, 3.8) is 0 Å². The van der Waals surface area contributed by atoms with Crippen LogP contribution in [-0.4, -0.2) is 47.7 Å². The highest BCUT2D eigenvalue weighted by Gasteiger charge is 2.33. The maximum atomic E-state index is 12.3. The molecule has 0 saturated carbocycles. The van der Waals surface area contributed by atoms with E-state index in [1.165, 1.54) is 4.90 Å². The molecular weight excluding hydrogens is 349 g/mol. The van der Waals surface area contributed by atoms with E-state index in [2.05, 4.69) is 22.6 Å². The number of ether oxygens (including phenoxy) is 1. The fourth-order valence-electron chi connectivity index (χ4n) is 1.84. The quantitative estimate of drug-likeness (QED) is 0.805. The summed E-state index contributed by atoms with van der Waals surface area (Å²) >= 11 is 2.07. The molecule has 1 saturated heterocycles. The minimum atomic E-state index is -1.03. The summed E-state index contributed by atoms with van der Waals surface area (Å²) in [4.78, 5) is 24.8. The Labute approximate surface area is 118 Å². The standard InChI is InChI=1S/C12H12INO4/c13-9-4-2-1-3-8(9)11(15)14-5-6-18-7-10(14)12(16)17/h1-4,10H,5-7H2,(H,16,17). The van der Waals surface area contributed by atoms with E-state index in [-0.39, 0.29) is 12.5 Å². The zero-order valence-electron chi connectivity index (χ0n) is 9.51. The first kappa shape index (κ1) is 13.3. The Kier molecular flexibility index (Phi) is 4.18. The molecule has 0 radical (unpaired) electrons. The summed E-state index contributed by atoms with van der Waals surface area (Å²) in [6.45, 7) is 0.726. The predicted octanol–water partition coefficient (Wildman–Crippen LogP) is 1.22. The first-order valence-electron chi connectivity index (χ1n) is 5.47. The fraction of sp³-hybridized carbons (Fsp3) is 0.333. The Balaban J connectivity index is 2.27. The van der Waals surface area contributed by atoms with E-state index in [9.17, 15) is 9.59 Å². The number of amides is 1. The molecule has 1 aliphatic heterocycles. The molecule has 0 bridgehead atoms. The third kappa shape index (κ3) is 2.64. The van der Waals surface area contributed by atoms with Crippen LogP contribution in [0.5, 0.6) is 0 Å². The molecule has 1 amide bonds. The van der Waals surface area contributed by atoms with Gasteiger partial charge in [-0.15, -0.1) is 0 Å². The molecule has 1 fully saturated rings. The van der Waals surface area contributed by atoms with Crippen LogP contribution in [0.2, 0.25) is 0 Å². The second kappa shape index (κ2) is 5.66. The van der Waals surface area contributed by atoms with Gasteiger partial charge in [-0.2, -0.15) is 0 Å². The molecule has 1 atom stereocenters. The number of carbonyl (C=O) groups is 2. The molecule has 1 aromatic carbocycles. The second-order valence-electron chi connectivity index (χ2n) is 3.91. The maximum absolute atomic E-state index is 12.3. The van der Waals surface area contributed by atoms with Gasteiger partial charge in [0.15, 0.2) is 6.04 Å². The maximum Gasteiger partial charge on any atom is 0.328 e. The van der Waals surface area contributed by atoms with Crippen LogP contribution >= 0.6 is 22.6 Å². The van der Waals surface area contributed by atoms with Gasteiger partial charge in [-0.05, 0) is 34.7 Å².